The van der Waals surface area contributed by atoms with Gasteiger partial charge in [0, 0.05) is 11.4 Å². The molecule has 32 heavy (non-hydrogen) atoms. The third kappa shape index (κ3) is 5.37. The molecule has 0 bridgehead atoms. The second kappa shape index (κ2) is 10.8. The van der Waals surface area contributed by atoms with Crippen LogP contribution in [0.4, 0.5) is 5.69 Å². The van der Waals surface area contributed by atoms with Gasteiger partial charge in [0.1, 0.15) is 17.0 Å². The van der Waals surface area contributed by atoms with E-state index in [4.69, 9.17) is 27.1 Å². The third-order valence-electron chi connectivity index (χ3n) is 5.02. The van der Waals surface area contributed by atoms with E-state index < -0.39 is 12.5 Å². The molecule has 3 rings (SSSR count). The Morgan fingerprint density at radius 3 is 2.72 bits per heavy atom. The molecule has 1 fully saturated rings. The molecule has 1 aromatic carbocycles. The Bertz CT molecular complexity index is 992. The first-order valence-electron chi connectivity index (χ1n) is 10.2. The first-order chi connectivity index (χ1) is 15.3. The zero-order valence-corrected chi connectivity index (χ0v) is 20.9. The molecule has 10 heteroatoms. The number of thiocarbonyl (C=S) groups is 1. The van der Waals surface area contributed by atoms with Crippen LogP contribution in [0.1, 0.15) is 45.3 Å². The summed E-state index contributed by atoms with van der Waals surface area (Å²) in [4.78, 5) is 38.8. The fourth-order valence-corrected chi connectivity index (χ4v) is 5.85. The number of amides is 1. The molecule has 0 saturated carbocycles. The van der Waals surface area contributed by atoms with Crippen LogP contribution in [0.5, 0.6) is 0 Å². The predicted molar refractivity (Wildman–Crippen MR) is 131 cm³/mol. The first-order valence-corrected chi connectivity index (χ1v) is 12.3. The maximum Gasteiger partial charge on any atom is 0.323 e. The van der Waals surface area contributed by atoms with E-state index in [1.807, 2.05) is 26.0 Å². The molecule has 2 heterocycles. The van der Waals surface area contributed by atoms with E-state index in [-0.39, 0.29) is 16.3 Å². The highest BCUT2D eigenvalue weighted by molar-refractivity contribution is 8.26. The van der Waals surface area contributed by atoms with Gasteiger partial charge in [-0.05, 0) is 49.6 Å². The van der Waals surface area contributed by atoms with Crippen LogP contribution in [0.3, 0.4) is 0 Å². The lowest BCUT2D eigenvalue weighted by Crippen LogP contribution is -2.33. The van der Waals surface area contributed by atoms with Crippen molar-refractivity contribution >= 4 is 57.6 Å². The van der Waals surface area contributed by atoms with Gasteiger partial charge in [0.15, 0.2) is 0 Å². The zero-order valence-electron chi connectivity index (χ0n) is 18.4. The molecule has 1 saturated heterocycles. The smallest absolute Gasteiger partial charge is 0.323 e. The number of hydrogen-bond donors (Lipinski definition) is 1. The largest absolute Gasteiger partial charge is 0.480 e. The summed E-state index contributed by atoms with van der Waals surface area (Å²) < 4.78 is 0.267. The van der Waals surface area contributed by atoms with E-state index in [9.17, 15) is 9.59 Å². The summed E-state index contributed by atoms with van der Waals surface area (Å²) in [5.41, 5.74) is 3.05. The molecule has 1 unspecified atom stereocenters. The monoisotopic (exact) mass is 494 g/mol. The maximum atomic E-state index is 12.7. The summed E-state index contributed by atoms with van der Waals surface area (Å²) in [5.74, 6) is -1.46. The number of carboxylic acids is 1. The summed E-state index contributed by atoms with van der Waals surface area (Å²) in [6.45, 7) is 6.48. The molecule has 0 radical (unpaired) electrons. The molecular weight excluding hydrogens is 468 g/mol. The summed E-state index contributed by atoms with van der Waals surface area (Å²) in [6, 6.07) is 6.23. The Kier molecular flexibility index (Phi) is 8.40. The van der Waals surface area contributed by atoms with Crippen molar-refractivity contribution in [2.45, 2.75) is 44.6 Å². The molecule has 0 spiro atoms. The van der Waals surface area contributed by atoms with Crippen LogP contribution in [0, 0.1) is 0 Å². The van der Waals surface area contributed by atoms with E-state index >= 15 is 0 Å². The van der Waals surface area contributed by atoms with Crippen molar-refractivity contribution in [1.29, 1.82) is 0 Å². The average Bonchev–Trinajstić information content (AvgIpc) is 3.24. The standard InChI is InChI=1S/C22H26N2O5S3/c1-5-6-9-23-16-11-15(14(3)29-28-4)7-8-17(16)31-21(23)13(2)10-18-20(27)24(12-19(25)26)22(30)32-18/h7-8,10-11,14H,5-6,9,12H2,1-4H3,(H,25,26)/b18-10+,21-13-. The summed E-state index contributed by atoms with van der Waals surface area (Å²) in [5, 5.41) is 10.1. The number of fused-ring (bicyclic) bond motifs is 1. The number of carbonyl (C=O) groups is 2. The highest BCUT2D eigenvalue weighted by atomic mass is 32.2. The molecule has 1 amide bonds. The number of unbranched alkanes of at least 4 members (excludes halogenated alkanes) is 1. The van der Waals surface area contributed by atoms with Crippen LogP contribution in [0.25, 0.3) is 0 Å². The van der Waals surface area contributed by atoms with E-state index in [0.717, 1.165) is 62.8 Å². The summed E-state index contributed by atoms with van der Waals surface area (Å²) >= 11 is 8.01. The fraction of sp³-hybridized carbons (Fsp3) is 0.409. The number of aliphatic carboxylic acids is 1. The Balaban J connectivity index is 1.94. The topological polar surface area (TPSA) is 79.3 Å². The number of hydrogen-bond acceptors (Lipinski definition) is 8. The molecule has 2 aliphatic rings. The summed E-state index contributed by atoms with van der Waals surface area (Å²) in [6.07, 6.45) is 3.69. The van der Waals surface area contributed by atoms with Gasteiger partial charge in [-0.25, -0.2) is 9.78 Å². The molecule has 1 N–H and O–H groups in total. The lowest BCUT2D eigenvalue weighted by atomic mass is 10.1. The Labute approximate surface area is 201 Å². The minimum atomic E-state index is -1.09. The van der Waals surface area contributed by atoms with Crippen molar-refractivity contribution in [1.82, 2.24) is 4.90 Å². The van der Waals surface area contributed by atoms with Crippen LogP contribution in [0.15, 0.2) is 44.7 Å². The van der Waals surface area contributed by atoms with Gasteiger partial charge in [0.25, 0.3) is 5.91 Å². The Hall–Kier alpha value is -1.85. The van der Waals surface area contributed by atoms with Crippen LogP contribution in [-0.4, -0.2) is 46.4 Å². The number of rotatable bonds is 9. The van der Waals surface area contributed by atoms with Gasteiger partial charge in [-0.1, -0.05) is 55.2 Å². The van der Waals surface area contributed by atoms with Crippen LogP contribution >= 0.6 is 35.7 Å². The van der Waals surface area contributed by atoms with Crippen LogP contribution < -0.4 is 4.90 Å². The van der Waals surface area contributed by atoms with Gasteiger partial charge in [-0.3, -0.25) is 14.5 Å². The fourth-order valence-electron chi connectivity index (χ4n) is 3.41. The predicted octanol–water partition coefficient (Wildman–Crippen LogP) is 5.10. The van der Waals surface area contributed by atoms with Crippen LogP contribution in [-0.2, 0) is 19.4 Å². The number of carboxylic acid groups (broad SMARTS) is 1. The minimum Gasteiger partial charge on any atom is -0.480 e. The van der Waals surface area contributed by atoms with Crippen LogP contribution in [0.2, 0.25) is 0 Å². The number of nitrogens with zero attached hydrogens (tertiary/aromatic N) is 2. The van der Waals surface area contributed by atoms with Crippen molar-refractivity contribution < 1.29 is 24.5 Å². The molecule has 172 valence electrons. The van der Waals surface area contributed by atoms with Gasteiger partial charge in [-0.2, -0.15) is 0 Å². The SMILES string of the molecule is CCCCN1/C(=C(C)/C=C2/SC(=S)N(CC(=O)O)C2=O)Sc2ccc(C(C)OOC)cc21. The molecule has 7 nitrogen and oxygen atoms in total. The van der Waals surface area contributed by atoms with Gasteiger partial charge >= 0.3 is 5.97 Å². The summed E-state index contributed by atoms with van der Waals surface area (Å²) in [7, 11) is 1.50. The van der Waals surface area contributed by atoms with Crippen molar-refractivity contribution in [3.8, 4) is 0 Å². The van der Waals surface area contributed by atoms with E-state index in [0.29, 0.717) is 4.91 Å². The average molecular weight is 495 g/mol. The molecule has 0 aromatic heterocycles. The number of benzene rings is 1. The number of allylic oxidation sites excluding steroid dienone is 2. The van der Waals surface area contributed by atoms with Gasteiger partial charge in [-0.15, -0.1) is 0 Å². The second-order valence-corrected chi connectivity index (χ2v) is 10.1. The normalized spacial score (nSPS) is 19.7. The van der Waals surface area contributed by atoms with Crippen molar-refractivity contribution in [2.75, 3.05) is 25.1 Å². The van der Waals surface area contributed by atoms with Crippen molar-refractivity contribution in [3.05, 3.63) is 45.3 Å². The van der Waals surface area contributed by atoms with Crippen molar-refractivity contribution in [3.63, 3.8) is 0 Å². The second-order valence-electron chi connectivity index (χ2n) is 7.39. The van der Waals surface area contributed by atoms with Crippen molar-refractivity contribution in [2.24, 2.45) is 0 Å². The molecule has 2 aliphatic heterocycles. The number of carbonyl (C=O) groups excluding carboxylic acids is 1. The number of anilines is 1. The van der Waals surface area contributed by atoms with Gasteiger partial charge in [0.2, 0.25) is 0 Å². The Morgan fingerprint density at radius 1 is 1.31 bits per heavy atom. The minimum absolute atomic E-state index is 0.201. The number of thioether (sulfide) groups is 2. The first kappa shape index (κ1) is 24.8. The Morgan fingerprint density at radius 2 is 2.06 bits per heavy atom. The molecule has 1 atom stereocenters. The molecule has 1 aromatic rings. The lowest BCUT2D eigenvalue weighted by Gasteiger charge is -2.22. The van der Waals surface area contributed by atoms with E-state index in [1.165, 1.54) is 7.11 Å². The quantitative estimate of drug-likeness (QED) is 0.218. The van der Waals surface area contributed by atoms with E-state index in [1.54, 1.807) is 11.8 Å². The highest BCUT2D eigenvalue weighted by Crippen LogP contribution is 2.49. The maximum absolute atomic E-state index is 12.7. The lowest BCUT2D eigenvalue weighted by molar-refractivity contribution is -0.303. The zero-order chi connectivity index (χ0) is 23.4. The third-order valence-corrected chi connectivity index (χ3v) is 7.70. The molecular formula is C22H26N2O5S3. The molecule has 0 aliphatic carbocycles. The van der Waals surface area contributed by atoms with E-state index in [2.05, 4.69) is 24.0 Å². The van der Waals surface area contributed by atoms with Gasteiger partial charge in [0.05, 0.1) is 22.7 Å². The van der Waals surface area contributed by atoms with Gasteiger partial charge < -0.3 is 10.0 Å². The highest BCUT2D eigenvalue weighted by Gasteiger charge is 2.34.